The van der Waals surface area contributed by atoms with Gasteiger partial charge in [-0.1, -0.05) is 18.2 Å². The Morgan fingerprint density at radius 1 is 1.00 bits per heavy atom. The van der Waals surface area contributed by atoms with Gasteiger partial charge in [0, 0.05) is 17.6 Å². The molecule has 1 unspecified atom stereocenters. The molecule has 1 atom stereocenters. The summed E-state index contributed by atoms with van der Waals surface area (Å²) in [6, 6.07) is 17.9. The molecule has 9 heteroatoms. The van der Waals surface area contributed by atoms with Crippen molar-refractivity contribution in [1.82, 2.24) is 8.75 Å². The van der Waals surface area contributed by atoms with Crippen molar-refractivity contribution < 1.29 is 28.8 Å². The largest absolute Gasteiger partial charge is 0.497 e. The lowest BCUT2D eigenvalue weighted by atomic mass is 9.88. The Bertz CT molecular complexity index is 1500. The van der Waals surface area contributed by atoms with E-state index in [0.29, 0.717) is 58.3 Å². The van der Waals surface area contributed by atoms with Gasteiger partial charge in [-0.2, -0.15) is 8.75 Å². The molecule has 8 nitrogen and oxygen atoms in total. The van der Waals surface area contributed by atoms with E-state index in [1.54, 1.807) is 43.5 Å². The van der Waals surface area contributed by atoms with Crippen LogP contribution in [0.15, 0.2) is 66.2 Å². The molecular formula is C26H20N2O6S. The van der Waals surface area contributed by atoms with E-state index in [1.165, 1.54) is 0 Å². The van der Waals surface area contributed by atoms with Crippen LogP contribution in [0.3, 0.4) is 0 Å². The Morgan fingerprint density at radius 2 is 1.83 bits per heavy atom. The minimum absolute atomic E-state index is 0.247. The second-order valence-corrected chi connectivity index (χ2v) is 8.77. The fourth-order valence-corrected chi connectivity index (χ4v) is 4.97. The molecule has 2 aliphatic rings. The molecule has 0 amide bonds. The lowest BCUT2D eigenvalue weighted by molar-refractivity contribution is -0.185. The number of nitrogens with zero attached hydrogens (tertiary/aromatic N) is 2. The Hall–Kier alpha value is -3.95. The number of methoxy groups -OCH3 is 1. The molecule has 0 spiro atoms. The smallest absolute Gasteiger partial charge is 0.342 e. The Kier molecular flexibility index (Phi) is 5.16. The second kappa shape index (κ2) is 8.37. The number of rotatable bonds is 5. The van der Waals surface area contributed by atoms with Crippen LogP contribution in [0.5, 0.6) is 17.2 Å². The number of benzene rings is 3. The number of carbonyl (C=O) groups excluding carboxylic acids is 1. The summed E-state index contributed by atoms with van der Waals surface area (Å²) in [5.74, 6) is -0.883. The number of aliphatic hydroxyl groups is 1. The van der Waals surface area contributed by atoms with E-state index in [1.807, 2.05) is 24.3 Å². The van der Waals surface area contributed by atoms with E-state index < -0.39 is 11.8 Å². The van der Waals surface area contributed by atoms with Gasteiger partial charge in [-0.05, 0) is 53.6 Å². The molecule has 3 heterocycles. The number of ether oxygens (including phenoxy) is 4. The predicted molar refractivity (Wildman–Crippen MR) is 128 cm³/mol. The van der Waals surface area contributed by atoms with E-state index in [-0.39, 0.29) is 6.42 Å². The first-order valence-electron chi connectivity index (χ1n) is 11.0. The third kappa shape index (κ3) is 3.69. The Labute approximate surface area is 204 Å². The molecule has 1 N–H and O–H groups in total. The molecule has 4 aromatic rings. The number of aromatic nitrogens is 2. The van der Waals surface area contributed by atoms with Crippen molar-refractivity contribution in [3.63, 3.8) is 0 Å². The summed E-state index contributed by atoms with van der Waals surface area (Å²) in [6.07, 6.45) is 0.247. The number of hydrogen-bond acceptors (Lipinski definition) is 9. The van der Waals surface area contributed by atoms with Crippen molar-refractivity contribution in [2.24, 2.45) is 0 Å². The number of esters is 1. The monoisotopic (exact) mass is 488 g/mol. The third-order valence-corrected chi connectivity index (χ3v) is 6.70. The van der Waals surface area contributed by atoms with Crippen LogP contribution in [0.25, 0.3) is 16.6 Å². The molecule has 176 valence electrons. The van der Waals surface area contributed by atoms with Gasteiger partial charge in [0.2, 0.25) is 0 Å². The van der Waals surface area contributed by atoms with Gasteiger partial charge < -0.3 is 24.1 Å². The van der Waals surface area contributed by atoms with E-state index in [4.69, 9.17) is 18.9 Å². The fourth-order valence-electron chi connectivity index (χ4n) is 4.45. The Morgan fingerprint density at radius 3 is 2.69 bits per heavy atom. The highest BCUT2D eigenvalue weighted by molar-refractivity contribution is 7.00. The summed E-state index contributed by atoms with van der Waals surface area (Å²) in [6.45, 7) is 0.846. The highest BCUT2D eigenvalue weighted by Crippen LogP contribution is 2.47. The van der Waals surface area contributed by atoms with Crippen molar-refractivity contribution in [3.8, 4) is 17.2 Å². The maximum absolute atomic E-state index is 13.3. The molecule has 0 saturated heterocycles. The molecule has 0 aliphatic carbocycles. The van der Waals surface area contributed by atoms with Crippen molar-refractivity contribution in [2.75, 3.05) is 20.3 Å². The van der Waals surface area contributed by atoms with Gasteiger partial charge in [0.1, 0.15) is 30.0 Å². The van der Waals surface area contributed by atoms with Crippen LogP contribution in [0.4, 0.5) is 0 Å². The zero-order chi connectivity index (χ0) is 24.0. The van der Waals surface area contributed by atoms with Crippen LogP contribution in [-0.4, -0.2) is 40.1 Å². The number of carbonyl (C=O) groups is 1. The maximum atomic E-state index is 13.3. The summed E-state index contributed by atoms with van der Waals surface area (Å²) in [4.78, 5) is 13.3. The minimum atomic E-state index is -2.00. The van der Waals surface area contributed by atoms with Crippen molar-refractivity contribution >= 4 is 34.3 Å². The molecule has 0 saturated carbocycles. The molecule has 2 aliphatic heterocycles. The van der Waals surface area contributed by atoms with E-state index in [0.717, 1.165) is 22.8 Å². The predicted octanol–water partition coefficient (Wildman–Crippen LogP) is 3.87. The van der Waals surface area contributed by atoms with E-state index in [9.17, 15) is 9.90 Å². The van der Waals surface area contributed by atoms with Gasteiger partial charge in [0.15, 0.2) is 11.5 Å². The van der Waals surface area contributed by atoms with Gasteiger partial charge in [-0.25, -0.2) is 4.79 Å². The van der Waals surface area contributed by atoms with Crippen LogP contribution >= 0.6 is 11.7 Å². The van der Waals surface area contributed by atoms with Crippen LogP contribution in [0, 0.1) is 0 Å². The van der Waals surface area contributed by atoms with Crippen molar-refractivity contribution in [2.45, 2.75) is 12.2 Å². The minimum Gasteiger partial charge on any atom is -0.497 e. The molecule has 35 heavy (non-hydrogen) atoms. The van der Waals surface area contributed by atoms with Gasteiger partial charge in [-0.15, -0.1) is 0 Å². The first kappa shape index (κ1) is 21.6. The number of fused-ring (bicyclic) bond motifs is 2. The summed E-state index contributed by atoms with van der Waals surface area (Å²) >= 11 is 1.10. The SMILES string of the molecule is COc1cccc(CC2=C(c3ccc4nsnc4c3)C(=O)OC2(O)c2ccc3c(c2)OCCO3)c1. The first-order valence-corrected chi connectivity index (χ1v) is 11.7. The van der Waals surface area contributed by atoms with Gasteiger partial charge in [-0.3, -0.25) is 0 Å². The van der Waals surface area contributed by atoms with Crippen molar-refractivity contribution in [1.29, 1.82) is 0 Å². The quantitative estimate of drug-likeness (QED) is 0.423. The normalized spacial score (nSPS) is 19.2. The van der Waals surface area contributed by atoms with E-state index in [2.05, 4.69) is 8.75 Å². The topological polar surface area (TPSA) is 100 Å². The Balaban J connectivity index is 1.53. The lowest BCUT2D eigenvalue weighted by Gasteiger charge is -2.27. The van der Waals surface area contributed by atoms with Crippen LogP contribution < -0.4 is 14.2 Å². The molecule has 0 radical (unpaired) electrons. The van der Waals surface area contributed by atoms with Crippen LogP contribution in [-0.2, 0) is 21.7 Å². The number of hydrogen-bond donors (Lipinski definition) is 1. The fraction of sp³-hybridized carbons (Fsp3) is 0.192. The third-order valence-electron chi connectivity index (χ3n) is 6.15. The van der Waals surface area contributed by atoms with Crippen LogP contribution in [0.1, 0.15) is 16.7 Å². The average Bonchev–Trinajstić information content (AvgIpc) is 3.45. The van der Waals surface area contributed by atoms with Gasteiger partial charge in [0.25, 0.3) is 5.79 Å². The van der Waals surface area contributed by atoms with Gasteiger partial charge in [0.05, 0.1) is 24.4 Å². The molecule has 1 aromatic heterocycles. The van der Waals surface area contributed by atoms with Crippen LogP contribution in [0.2, 0.25) is 0 Å². The van der Waals surface area contributed by atoms with E-state index >= 15 is 0 Å². The second-order valence-electron chi connectivity index (χ2n) is 8.24. The average molecular weight is 489 g/mol. The highest BCUT2D eigenvalue weighted by atomic mass is 32.1. The molecule has 0 bridgehead atoms. The first-order chi connectivity index (χ1) is 17.0. The zero-order valence-electron chi connectivity index (χ0n) is 18.7. The highest BCUT2D eigenvalue weighted by Gasteiger charge is 2.48. The standard InChI is InChI=1S/C26H20N2O6S/c1-31-18-4-2-3-15(11-18)12-19-24(16-5-7-20-21(13-16)28-35-27-20)25(29)34-26(19,30)17-6-8-22-23(14-17)33-10-9-32-22/h2-8,11,13-14,30H,9-10,12H2,1H3. The molecular weight excluding hydrogens is 468 g/mol. The number of cyclic esters (lactones) is 1. The summed E-state index contributed by atoms with van der Waals surface area (Å²) in [5.41, 5.74) is 3.93. The van der Waals surface area contributed by atoms with Gasteiger partial charge >= 0.3 is 5.97 Å². The molecule has 0 fully saturated rings. The molecule has 3 aromatic carbocycles. The van der Waals surface area contributed by atoms with Crippen molar-refractivity contribution in [3.05, 3.63) is 82.9 Å². The summed E-state index contributed by atoms with van der Waals surface area (Å²) < 4.78 is 30.9. The summed E-state index contributed by atoms with van der Waals surface area (Å²) in [5, 5.41) is 11.9. The lowest BCUT2D eigenvalue weighted by Crippen LogP contribution is -2.30. The zero-order valence-corrected chi connectivity index (χ0v) is 19.5. The summed E-state index contributed by atoms with van der Waals surface area (Å²) in [7, 11) is 1.59. The maximum Gasteiger partial charge on any atom is 0.342 e. The molecule has 6 rings (SSSR count).